The fraction of sp³-hybridized carbons (Fsp3) is 0.852. The Bertz CT molecular complexity index is 891. The van der Waals surface area contributed by atoms with Gasteiger partial charge in [-0.1, -0.05) is 30.7 Å². The van der Waals surface area contributed by atoms with Gasteiger partial charge in [0.05, 0.1) is 11.8 Å². The molecule has 0 aromatic heterocycles. The van der Waals surface area contributed by atoms with Gasteiger partial charge in [0, 0.05) is 19.0 Å². The minimum atomic E-state index is -4.50. The van der Waals surface area contributed by atoms with Gasteiger partial charge in [-0.3, -0.25) is 9.74 Å². The number of amides is 1. The number of nitrogens with zero attached hydrogens (tertiary/aromatic N) is 2. The van der Waals surface area contributed by atoms with Gasteiger partial charge in [0.25, 0.3) is 0 Å². The van der Waals surface area contributed by atoms with E-state index < -0.39 is 18.8 Å². The molecule has 3 saturated carbocycles. The molecule has 6 nitrogen and oxygen atoms in total. The highest BCUT2D eigenvalue weighted by Crippen LogP contribution is 2.66. The second-order valence-corrected chi connectivity index (χ2v) is 12.0. The van der Waals surface area contributed by atoms with Crippen LogP contribution in [0.5, 0.6) is 0 Å². The topological polar surface area (TPSA) is 74.2 Å². The first-order valence-corrected chi connectivity index (χ1v) is 13.5. The lowest BCUT2D eigenvalue weighted by atomic mass is 9.46. The van der Waals surface area contributed by atoms with E-state index in [-0.39, 0.29) is 35.9 Å². The third kappa shape index (κ3) is 5.19. The van der Waals surface area contributed by atoms with E-state index in [0.29, 0.717) is 28.4 Å². The van der Waals surface area contributed by atoms with Gasteiger partial charge < -0.3 is 10.4 Å². The normalized spacial score (nSPS) is 38.5. The fourth-order valence-electron chi connectivity index (χ4n) is 8.33. The van der Waals surface area contributed by atoms with E-state index in [1.807, 2.05) is 6.92 Å². The Morgan fingerprint density at radius 1 is 1.19 bits per heavy atom. The van der Waals surface area contributed by atoms with Crippen LogP contribution in [0.15, 0.2) is 16.8 Å². The summed E-state index contributed by atoms with van der Waals surface area (Å²) in [6, 6.07) is 0. The lowest BCUT2D eigenvalue weighted by Gasteiger charge is -2.58. The number of allylic oxidation sites excluding steroid dienone is 1. The predicted molar refractivity (Wildman–Crippen MR) is 132 cm³/mol. The Hall–Kier alpha value is -1.61. The summed E-state index contributed by atoms with van der Waals surface area (Å²) < 4.78 is 38.8. The quantitative estimate of drug-likeness (QED) is 0.212. The van der Waals surface area contributed by atoms with Crippen LogP contribution in [0.1, 0.15) is 72.1 Å². The van der Waals surface area contributed by atoms with Crippen molar-refractivity contribution in [2.45, 2.75) is 84.4 Å². The second-order valence-electron chi connectivity index (χ2n) is 12.0. The van der Waals surface area contributed by atoms with E-state index in [1.54, 1.807) is 7.05 Å². The molecule has 4 rings (SSSR count). The minimum Gasteiger partial charge on any atom is -0.389 e. The van der Waals surface area contributed by atoms with Crippen LogP contribution < -0.4 is 5.32 Å². The number of nitrogens with one attached hydrogen (secondary N) is 1. The van der Waals surface area contributed by atoms with Crippen molar-refractivity contribution in [3.05, 3.63) is 11.6 Å². The van der Waals surface area contributed by atoms with Crippen LogP contribution in [0, 0.1) is 34.5 Å². The van der Waals surface area contributed by atoms with E-state index in [2.05, 4.69) is 30.4 Å². The fourth-order valence-corrected chi connectivity index (χ4v) is 8.33. The number of hydrogen-bond donors (Lipinski definition) is 2. The number of aliphatic hydroxyl groups excluding tert-OH is 1. The molecule has 0 aliphatic heterocycles. The molecular formula is C27H42F3N3O3. The summed E-state index contributed by atoms with van der Waals surface area (Å²) in [4.78, 5) is 18.1. The molecule has 7 atom stereocenters. The Kier molecular flexibility index (Phi) is 7.83. The summed E-state index contributed by atoms with van der Waals surface area (Å²) in [6.45, 7) is 5.36. The summed E-state index contributed by atoms with van der Waals surface area (Å²) >= 11 is 0. The molecule has 0 heterocycles. The first-order chi connectivity index (χ1) is 16.9. The van der Waals surface area contributed by atoms with Gasteiger partial charge >= 0.3 is 12.3 Å². The molecule has 0 aromatic rings. The van der Waals surface area contributed by atoms with Crippen LogP contribution in [0.25, 0.3) is 0 Å². The highest BCUT2D eigenvalue weighted by atomic mass is 19.4. The second kappa shape index (κ2) is 10.3. The largest absolute Gasteiger partial charge is 0.436 e. The Morgan fingerprint density at radius 3 is 2.64 bits per heavy atom. The van der Waals surface area contributed by atoms with E-state index in [9.17, 15) is 23.1 Å². The van der Waals surface area contributed by atoms with Crippen molar-refractivity contribution in [1.82, 2.24) is 10.2 Å². The number of halogens is 3. The number of hydrogen-bond acceptors (Lipinski definition) is 5. The number of rotatable bonds is 6. The van der Waals surface area contributed by atoms with Gasteiger partial charge in [0.1, 0.15) is 6.54 Å². The van der Waals surface area contributed by atoms with Gasteiger partial charge in [-0.25, -0.2) is 4.79 Å². The lowest BCUT2D eigenvalue weighted by Crippen LogP contribution is -2.51. The molecule has 3 fully saturated rings. The van der Waals surface area contributed by atoms with Gasteiger partial charge in [0.15, 0.2) is 0 Å². The van der Waals surface area contributed by atoms with Crippen LogP contribution in [-0.2, 0) is 4.84 Å². The zero-order valence-corrected chi connectivity index (χ0v) is 22.0. The summed E-state index contributed by atoms with van der Waals surface area (Å²) in [5.41, 5.74) is 2.38. The number of carbonyl (C=O) groups excluding carboxylic acids is 1. The molecule has 2 N–H and O–H groups in total. The molecule has 0 unspecified atom stereocenters. The average Bonchev–Trinajstić information content (AvgIpc) is 3.17. The van der Waals surface area contributed by atoms with Crippen molar-refractivity contribution in [3.8, 4) is 0 Å². The summed E-state index contributed by atoms with van der Waals surface area (Å²) in [6.07, 6.45) is 4.60. The number of aliphatic hydroxyl groups is 1. The third-order valence-electron chi connectivity index (χ3n) is 10.1. The van der Waals surface area contributed by atoms with Crippen molar-refractivity contribution in [2.24, 2.45) is 39.7 Å². The average molecular weight is 514 g/mol. The Balaban J connectivity index is 1.45. The lowest BCUT2D eigenvalue weighted by molar-refractivity contribution is -0.142. The number of fused-ring (bicyclic) bond motifs is 5. The van der Waals surface area contributed by atoms with Gasteiger partial charge in [-0.15, -0.1) is 0 Å². The standard InChI is InChI=1S/C27H42F3N3O3/c1-17(32-36-24(35)33(14-13-31-4)16-27(28,29)30)21-7-8-22-20-6-5-18-15-19(34)9-11-25(18,2)23(20)10-12-26(21,22)3/h15,19-23,31,34H,5-14,16H2,1-4H3/b32-17+/t19-,20+,21-,22+,23+,25+,26-/m1/s1. The molecule has 1 amide bonds. The zero-order valence-electron chi connectivity index (χ0n) is 22.0. The molecule has 4 aliphatic carbocycles. The first-order valence-electron chi connectivity index (χ1n) is 13.5. The van der Waals surface area contributed by atoms with Crippen molar-refractivity contribution in [3.63, 3.8) is 0 Å². The number of oxime groups is 1. The van der Waals surface area contributed by atoms with Crippen molar-refractivity contribution in [2.75, 3.05) is 26.7 Å². The molecule has 0 aromatic carbocycles. The van der Waals surface area contributed by atoms with Gasteiger partial charge in [0.2, 0.25) is 0 Å². The molecule has 0 radical (unpaired) electrons. The van der Waals surface area contributed by atoms with E-state index in [1.165, 1.54) is 5.57 Å². The first kappa shape index (κ1) is 27.4. The van der Waals surface area contributed by atoms with Gasteiger partial charge in [-0.2, -0.15) is 13.2 Å². The highest BCUT2D eigenvalue weighted by Gasteiger charge is 2.59. The molecule has 204 valence electrons. The Labute approximate surface area is 212 Å². The molecule has 0 saturated heterocycles. The van der Waals surface area contributed by atoms with Crippen molar-refractivity contribution in [1.29, 1.82) is 0 Å². The number of likely N-dealkylation sites (N-methyl/N-ethyl adjacent to an activating group) is 1. The van der Waals surface area contributed by atoms with Crippen LogP contribution in [0.4, 0.5) is 18.0 Å². The monoisotopic (exact) mass is 513 g/mol. The minimum absolute atomic E-state index is 0.0463. The summed E-state index contributed by atoms with van der Waals surface area (Å²) in [5.74, 6) is 1.97. The molecule has 0 spiro atoms. The zero-order chi connectivity index (χ0) is 26.3. The molecule has 0 bridgehead atoms. The SMILES string of the molecule is CNCCN(CC(F)(F)F)C(=O)O/N=C(\C)[C@H]1CC[C@H]2[C@@H]3CCC4=C[C@H](O)CC[C@]4(C)[C@H]3CC[C@]12C. The highest BCUT2D eigenvalue weighted by molar-refractivity contribution is 5.85. The van der Waals surface area contributed by atoms with Crippen molar-refractivity contribution < 1.29 is 27.9 Å². The number of alkyl halides is 3. The van der Waals surface area contributed by atoms with Gasteiger partial charge in [-0.05, 0) is 93.9 Å². The maximum Gasteiger partial charge on any atom is 0.436 e. The Morgan fingerprint density at radius 2 is 1.94 bits per heavy atom. The molecule has 9 heteroatoms. The third-order valence-corrected chi connectivity index (χ3v) is 10.1. The van der Waals surface area contributed by atoms with E-state index >= 15 is 0 Å². The van der Waals surface area contributed by atoms with E-state index in [4.69, 9.17) is 4.84 Å². The maximum absolute atomic E-state index is 12.9. The smallest absolute Gasteiger partial charge is 0.389 e. The van der Waals surface area contributed by atoms with Crippen LogP contribution in [0.2, 0.25) is 0 Å². The molecular weight excluding hydrogens is 471 g/mol. The van der Waals surface area contributed by atoms with Crippen LogP contribution >= 0.6 is 0 Å². The summed E-state index contributed by atoms with van der Waals surface area (Å²) in [7, 11) is 1.62. The predicted octanol–water partition coefficient (Wildman–Crippen LogP) is 5.52. The summed E-state index contributed by atoms with van der Waals surface area (Å²) in [5, 5.41) is 17.0. The maximum atomic E-state index is 12.9. The molecule has 36 heavy (non-hydrogen) atoms. The van der Waals surface area contributed by atoms with Crippen LogP contribution in [0.3, 0.4) is 0 Å². The van der Waals surface area contributed by atoms with Crippen LogP contribution in [-0.4, -0.2) is 60.8 Å². The van der Waals surface area contributed by atoms with E-state index in [0.717, 1.165) is 51.4 Å². The molecule has 4 aliphatic rings. The number of carbonyl (C=O) groups is 1. The van der Waals surface area contributed by atoms with Crippen molar-refractivity contribution >= 4 is 11.8 Å².